The fourth-order valence-electron chi connectivity index (χ4n) is 3.31. The van der Waals surface area contributed by atoms with E-state index in [-0.39, 0.29) is 24.0 Å². The van der Waals surface area contributed by atoms with Gasteiger partial charge in [-0.2, -0.15) is 0 Å². The number of carboxylic acids is 1. The zero-order chi connectivity index (χ0) is 15.5. The average Bonchev–Trinajstić information content (AvgIpc) is 2.37. The molecule has 0 aromatic carbocycles. The third kappa shape index (κ3) is 3.74. The maximum absolute atomic E-state index is 12.7. The van der Waals surface area contributed by atoms with E-state index in [2.05, 4.69) is 6.92 Å². The van der Waals surface area contributed by atoms with Crippen molar-refractivity contribution in [3.8, 4) is 0 Å². The number of carbonyl (C=O) groups excluding carboxylic acids is 1. The molecule has 6 nitrogen and oxygen atoms in total. The number of rotatable bonds is 6. The van der Waals surface area contributed by atoms with Crippen LogP contribution >= 0.6 is 0 Å². The second kappa shape index (κ2) is 6.75. The van der Waals surface area contributed by atoms with Crippen LogP contribution < -0.4 is 0 Å². The molecule has 2 rings (SSSR count). The Morgan fingerprint density at radius 3 is 2.67 bits per heavy atom. The van der Waals surface area contributed by atoms with Gasteiger partial charge in [0.2, 0.25) is 5.91 Å². The summed E-state index contributed by atoms with van der Waals surface area (Å²) in [6, 6.07) is 0. The van der Waals surface area contributed by atoms with Gasteiger partial charge in [-0.1, -0.05) is 13.3 Å². The van der Waals surface area contributed by atoms with Crippen molar-refractivity contribution in [1.82, 2.24) is 9.80 Å². The van der Waals surface area contributed by atoms with Crippen LogP contribution in [0.4, 0.5) is 0 Å². The standard InChI is InChI=1S/C15H26N2O4/c1-3-15(5-4-6-15)14(20)17-7-8-21-12(10-17)9-16(2)11-13(18)19/h12H,3-11H2,1-2H3,(H,18,19). The molecule has 0 bridgehead atoms. The van der Waals surface area contributed by atoms with Crippen LogP contribution in [0.2, 0.25) is 0 Å². The molecule has 0 spiro atoms. The number of morpholine rings is 1. The first-order chi connectivity index (χ1) is 9.97. The molecule has 2 fully saturated rings. The van der Waals surface area contributed by atoms with Gasteiger partial charge in [0, 0.05) is 25.0 Å². The van der Waals surface area contributed by atoms with Crippen LogP contribution in [0.3, 0.4) is 0 Å². The first-order valence-electron chi connectivity index (χ1n) is 7.78. The molecule has 0 radical (unpaired) electrons. The molecule has 1 aliphatic heterocycles. The maximum Gasteiger partial charge on any atom is 0.317 e. The van der Waals surface area contributed by atoms with E-state index in [1.807, 2.05) is 4.90 Å². The Bertz CT molecular complexity index is 390. The molecule has 6 heteroatoms. The largest absolute Gasteiger partial charge is 0.480 e. The third-order valence-corrected chi connectivity index (χ3v) is 4.79. The lowest BCUT2D eigenvalue weighted by Gasteiger charge is -2.45. The van der Waals surface area contributed by atoms with Crippen molar-refractivity contribution < 1.29 is 19.4 Å². The summed E-state index contributed by atoms with van der Waals surface area (Å²) in [5, 5.41) is 8.78. The van der Waals surface area contributed by atoms with Crippen LogP contribution in [-0.4, -0.2) is 72.7 Å². The molecule has 1 saturated carbocycles. The van der Waals surface area contributed by atoms with Crippen LogP contribution in [0, 0.1) is 5.41 Å². The number of likely N-dealkylation sites (N-methyl/N-ethyl adjacent to an activating group) is 1. The van der Waals surface area contributed by atoms with E-state index < -0.39 is 5.97 Å². The summed E-state index contributed by atoms with van der Waals surface area (Å²) in [7, 11) is 1.76. The first-order valence-corrected chi connectivity index (χ1v) is 7.78. The van der Waals surface area contributed by atoms with Gasteiger partial charge in [0.05, 0.1) is 19.3 Å². The molecule has 1 aliphatic carbocycles. The highest BCUT2D eigenvalue weighted by atomic mass is 16.5. The van der Waals surface area contributed by atoms with Gasteiger partial charge in [0.15, 0.2) is 0 Å². The fraction of sp³-hybridized carbons (Fsp3) is 0.867. The Hall–Kier alpha value is -1.14. The number of carboxylic acid groups (broad SMARTS) is 1. The molecule has 1 unspecified atom stereocenters. The van der Waals surface area contributed by atoms with Gasteiger partial charge in [-0.25, -0.2) is 0 Å². The summed E-state index contributed by atoms with van der Waals surface area (Å²) < 4.78 is 5.68. The molecule has 2 aliphatic rings. The van der Waals surface area contributed by atoms with Gasteiger partial charge in [0.1, 0.15) is 0 Å². The number of amides is 1. The minimum atomic E-state index is -0.847. The van der Waals surface area contributed by atoms with Gasteiger partial charge in [-0.15, -0.1) is 0 Å². The van der Waals surface area contributed by atoms with E-state index in [9.17, 15) is 9.59 Å². The molecule has 1 saturated heterocycles. The predicted octanol–water partition coefficient (Wildman–Crippen LogP) is 0.810. The first kappa shape index (κ1) is 16.2. The summed E-state index contributed by atoms with van der Waals surface area (Å²) in [6.45, 7) is 4.39. The molecule has 0 aromatic heterocycles. The maximum atomic E-state index is 12.7. The van der Waals surface area contributed by atoms with Crippen molar-refractivity contribution in [3.63, 3.8) is 0 Å². The summed E-state index contributed by atoms with van der Waals surface area (Å²) in [6.07, 6.45) is 3.97. The summed E-state index contributed by atoms with van der Waals surface area (Å²) in [4.78, 5) is 27.0. The van der Waals surface area contributed by atoms with E-state index in [1.54, 1.807) is 11.9 Å². The molecule has 1 N–H and O–H groups in total. The normalized spacial score (nSPS) is 24.7. The number of hydrogen-bond acceptors (Lipinski definition) is 4. The molecule has 1 amide bonds. The number of aliphatic carboxylic acids is 1. The summed E-state index contributed by atoms with van der Waals surface area (Å²) in [5.41, 5.74) is -0.130. The van der Waals surface area contributed by atoms with Crippen molar-refractivity contribution in [3.05, 3.63) is 0 Å². The molecular weight excluding hydrogens is 272 g/mol. The quantitative estimate of drug-likeness (QED) is 0.786. The van der Waals surface area contributed by atoms with Crippen LogP contribution in [0.25, 0.3) is 0 Å². The van der Waals surface area contributed by atoms with Gasteiger partial charge < -0.3 is 14.7 Å². The topological polar surface area (TPSA) is 70.1 Å². The van der Waals surface area contributed by atoms with E-state index in [1.165, 1.54) is 0 Å². The van der Waals surface area contributed by atoms with Crippen molar-refractivity contribution in [1.29, 1.82) is 0 Å². The van der Waals surface area contributed by atoms with Crippen LogP contribution in [-0.2, 0) is 14.3 Å². The highest BCUT2D eigenvalue weighted by Crippen LogP contribution is 2.45. The van der Waals surface area contributed by atoms with Crippen molar-refractivity contribution in [2.45, 2.75) is 38.7 Å². The fourth-order valence-corrected chi connectivity index (χ4v) is 3.31. The third-order valence-electron chi connectivity index (χ3n) is 4.79. The van der Waals surface area contributed by atoms with Crippen molar-refractivity contribution >= 4 is 11.9 Å². The Labute approximate surface area is 126 Å². The average molecular weight is 298 g/mol. The Balaban J connectivity index is 1.88. The van der Waals surface area contributed by atoms with E-state index >= 15 is 0 Å². The highest BCUT2D eigenvalue weighted by molar-refractivity contribution is 5.83. The van der Waals surface area contributed by atoms with Gasteiger partial charge in [0.25, 0.3) is 0 Å². The molecule has 1 heterocycles. The minimum Gasteiger partial charge on any atom is -0.480 e. The second-order valence-corrected chi connectivity index (χ2v) is 6.32. The molecule has 1 atom stereocenters. The van der Waals surface area contributed by atoms with Crippen molar-refractivity contribution in [2.75, 3.05) is 39.8 Å². The molecular formula is C15H26N2O4. The van der Waals surface area contributed by atoms with Crippen LogP contribution in [0.15, 0.2) is 0 Å². The van der Waals surface area contributed by atoms with Gasteiger partial charge in [-0.3, -0.25) is 14.5 Å². The smallest absolute Gasteiger partial charge is 0.317 e. The van der Waals surface area contributed by atoms with E-state index in [0.717, 1.165) is 25.7 Å². The van der Waals surface area contributed by atoms with E-state index in [0.29, 0.717) is 26.2 Å². The van der Waals surface area contributed by atoms with Gasteiger partial charge in [-0.05, 0) is 26.3 Å². The molecule has 0 aromatic rings. The zero-order valence-electron chi connectivity index (χ0n) is 13.0. The second-order valence-electron chi connectivity index (χ2n) is 6.32. The van der Waals surface area contributed by atoms with E-state index in [4.69, 9.17) is 9.84 Å². The number of nitrogens with zero attached hydrogens (tertiary/aromatic N) is 2. The van der Waals surface area contributed by atoms with Crippen molar-refractivity contribution in [2.24, 2.45) is 5.41 Å². The molecule has 21 heavy (non-hydrogen) atoms. The summed E-state index contributed by atoms with van der Waals surface area (Å²) in [5.74, 6) is -0.578. The predicted molar refractivity (Wildman–Crippen MR) is 78.0 cm³/mol. The minimum absolute atomic E-state index is 0.00724. The van der Waals surface area contributed by atoms with Crippen LogP contribution in [0.5, 0.6) is 0 Å². The SMILES string of the molecule is CCC1(C(=O)N2CCOC(CN(C)CC(=O)O)C2)CCC1. The number of carbonyl (C=O) groups is 2. The monoisotopic (exact) mass is 298 g/mol. The number of hydrogen-bond donors (Lipinski definition) is 1. The lowest BCUT2D eigenvalue weighted by atomic mass is 9.66. The molecule has 120 valence electrons. The highest BCUT2D eigenvalue weighted by Gasteiger charge is 2.45. The number of ether oxygens (including phenoxy) is 1. The summed E-state index contributed by atoms with van der Waals surface area (Å²) >= 11 is 0. The Morgan fingerprint density at radius 2 is 2.14 bits per heavy atom. The Kier molecular flexibility index (Phi) is 5.22. The van der Waals surface area contributed by atoms with Gasteiger partial charge >= 0.3 is 5.97 Å². The lowest BCUT2D eigenvalue weighted by molar-refractivity contribution is -0.156. The lowest BCUT2D eigenvalue weighted by Crippen LogP contribution is -2.55. The zero-order valence-corrected chi connectivity index (χ0v) is 13.0. The Morgan fingerprint density at radius 1 is 1.43 bits per heavy atom. The van der Waals surface area contributed by atoms with Crippen LogP contribution in [0.1, 0.15) is 32.6 Å².